The van der Waals surface area contributed by atoms with E-state index in [1.165, 1.54) is 0 Å². The van der Waals surface area contributed by atoms with E-state index in [4.69, 9.17) is 11.5 Å². The molecule has 1 atom stereocenters. The van der Waals surface area contributed by atoms with Gasteiger partial charge in [-0.25, -0.2) is 0 Å². The molecule has 20 heavy (non-hydrogen) atoms. The molecular weight excluding hydrogens is 252 g/mol. The number of hydrogen-bond acceptors (Lipinski definition) is 4. The maximum atomic E-state index is 11.8. The number of carbonyl (C=O) groups excluding carboxylic acids is 1. The number of benzene rings is 1. The third-order valence-corrected chi connectivity index (χ3v) is 3.39. The average molecular weight is 278 g/mol. The van der Waals surface area contributed by atoms with Gasteiger partial charge in [-0.3, -0.25) is 4.79 Å². The van der Waals surface area contributed by atoms with Crippen molar-refractivity contribution in [3.8, 4) is 0 Å². The first-order valence-electron chi connectivity index (χ1n) is 6.84. The van der Waals surface area contributed by atoms with E-state index in [1.54, 1.807) is 0 Å². The van der Waals surface area contributed by atoms with Gasteiger partial charge in [0, 0.05) is 6.54 Å². The van der Waals surface area contributed by atoms with E-state index in [2.05, 4.69) is 9.80 Å². The molecule has 4 N–H and O–H groups in total. The SMILES string of the molecule is CN(C)CCCN(C)CC(N)(C(N)=O)c1ccccc1. The minimum atomic E-state index is -1.14. The van der Waals surface area contributed by atoms with Crippen molar-refractivity contribution in [3.05, 3.63) is 35.9 Å². The summed E-state index contributed by atoms with van der Waals surface area (Å²) in [5, 5.41) is 0. The summed E-state index contributed by atoms with van der Waals surface area (Å²) in [7, 11) is 6.05. The van der Waals surface area contributed by atoms with Gasteiger partial charge >= 0.3 is 0 Å². The molecule has 1 amide bonds. The highest BCUT2D eigenvalue weighted by Crippen LogP contribution is 2.19. The topological polar surface area (TPSA) is 75.6 Å². The smallest absolute Gasteiger partial charge is 0.243 e. The second kappa shape index (κ2) is 7.38. The minimum Gasteiger partial charge on any atom is -0.368 e. The predicted molar refractivity (Wildman–Crippen MR) is 82.2 cm³/mol. The number of rotatable bonds is 8. The standard InChI is InChI=1S/C15H26N4O/c1-18(2)10-7-11-19(3)12-15(17,14(16)20)13-8-5-4-6-9-13/h4-6,8-9H,7,10-12,17H2,1-3H3,(H2,16,20). The molecule has 1 unspecified atom stereocenters. The maximum absolute atomic E-state index is 11.8. The molecule has 112 valence electrons. The summed E-state index contributed by atoms with van der Waals surface area (Å²) in [5.41, 5.74) is 11.4. The Morgan fingerprint density at radius 2 is 1.75 bits per heavy atom. The van der Waals surface area contributed by atoms with Gasteiger partial charge in [0.2, 0.25) is 5.91 Å². The lowest BCUT2D eigenvalue weighted by atomic mass is 9.89. The van der Waals surface area contributed by atoms with Gasteiger partial charge in [-0.2, -0.15) is 0 Å². The molecule has 0 saturated carbocycles. The van der Waals surface area contributed by atoms with E-state index < -0.39 is 11.4 Å². The van der Waals surface area contributed by atoms with Gasteiger partial charge in [0.05, 0.1) is 0 Å². The summed E-state index contributed by atoms with van der Waals surface area (Å²) in [6.45, 7) is 2.29. The van der Waals surface area contributed by atoms with Gasteiger partial charge in [-0.05, 0) is 46.2 Å². The molecule has 0 saturated heterocycles. The van der Waals surface area contributed by atoms with Crippen LogP contribution in [0.3, 0.4) is 0 Å². The van der Waals surface area contributed by atoms with Gasteiger partial charge in [0.15, 0.2) is 0 Å². The van der Waals surface area contributed by atoms with Crippen LogP contribution in [-0.2, 0) is 10.3 Å². The Labute approximate surface area is 121 Å². The predicted octanol–water partition coefficient (Wildman–Crippen LogP) is 0.209. The third kappa shape index (κ3) is 4.59. The van der Waals surface area contributed by atoms with Crippen LogP contribution in [0.2, 0.25) is 0 Å². The first-order chi connectivity index (χ1) is 9.36. The van der Waals surface area contributed by atoms with Crippen molar-refractivity contribution < 1.29 is 4.79 Å². The van der Waals surface area contributed by atoms with Crippen molar-refractivity contribution in [2.45, 2.75) is 12.0 Å². The van der Waals surface area contributed by atoms with Crippen LogP contribution in [0, 0.1) is 0 Å². The maximum Gasteiger partial charge on any atom is 0.243 e. The van der Waals surface area contributed by atoms with E-state index in [9.17, 15) is 4.79 Å². The second-order valence-corrected chi connectivity index (χ2v) is 5.60. The average Bonchev–Trinajstić information content (AvgIpc) is 2.38. The van der Waals surface area contributed by atoms with E-state index in [0.717, 1.165) is 25.1 Å². The number of nitrogens with two attached hydrogens (primary N) is 2. The van der Waals surface area contributed by atoms with Gasteiger partial charge in [-0.15, -0.1) is 0 Å². The van der Waals surface area contributed by atoms with Crippen LogP contribution in [0.25, 0.3) is 0 Å². The molecule has 0 aromatic heterocycles. The molecule has 0 fully saturated rings. The lowest BCUT2D eigenvalue weighted by molar-refractivity contribution is -0.124. The fourth-order valence-corrected chi connectivity index (χ4v) is 2.21. The Morgan fingerprint density at radius 1 is 1.15 bits per heavy atom. The van der Waals surface area contributed by atoms with Gasteiger partial charge in [0.1, 0.15) is 5.54 Å². The first kappa shape index (κ1) is 16.6. The molecule has 0 aliphatic heterocycles. The Bertz CT molecular complexity index is 421. The molecule has 1 aromatic rings. The molecule has 5 nitrogen and oxygen atoms in total. The Morgan fingerprint density at radius 3 is 2.25 bits per heavy atom. The highest BCUT2D eigenvalue weighted by atomic mass is 16.1. The Balaban J connectivity index is 2.70. The highest BCUT2D eigenvalue weighted by molar-refractivity contribution is 5.86. The molecule has 0 radical (unpaired) electrons. The molecule has 0 bridgehead atoms. The quantitative estimate of drug-likeness (QED) is 0.713. The monoisotopic (exact) mass is 278 g/mol. The molecule has 0 aliphatic rings. The van der Waals surface area contributed by atoms with Gasteiger partial charge in [-0.1, -0.05) is 30.3 Å². The van der Waals surface area contributed by atoms with E-state index >= 15 is 0 Å². The van der Waals surface area contributed by atoms with Crippen molar-refractivity contribution in [1.29, 1.82) is 0 Å². The molecule has 1 rings (SSSR count). The van der Waals surface area contributed by atoms with E-state index in [-0.39, 0.29) is 0 Å². The normalized spacial score (nSPS) is 14.5. The zero-order valence-corrected chi connectivity index (χ0v) is 12.7. The van der Waals surface area contributed by atoms with E-state index in [1.807, 2.05) is 51.5 Å². The molecule has 0 aliphatic carbocycles. The number of amides is 1. The van der Waals surface area contributed by atoms with Crippen LogP contribution in [0.4, 0.5) is 0 Å². The number of carbonyl (C=O) groups is 1. The largest absolute Gasteiger partial charge is 0.368 e. The number of likely N-dealkylation sites (N-methyl/N-ethyl adjacent to an activating group) is 1. The van der Waals surface area contributed by atoms with Crippen molar-refractivity contribution in [1.82, 2.24) is 9.80 Å². The lowest BCUT2D eigenvalue weighted by Crippen LogP contribution is -2.55. The summed E-state index contributed by atoms with van der Waals surface area (Å²) in [6, 6.07) is 9.32. The Kier molecular flexibility index (Phi) is 6.13. The Hall–Kier alpha value is -1.43. The van der Waals surface area contributed by atoms with Gasteiger partial charge in [0.25, 0.3) is 0 Å². The van der Waals surface area contributed by atoms with Crippen LogP contribution in [0.15, 0.2) is 30.3 Å². The van der Waals surface area contributed by atoms with Crippen LogP contribution < -0.4 is 11.5 Å². The fraction of sp³-hybridized carbons (Fsp3) is 0.533. The van der Waals surface area contributed by atoms with Crippen molar-refractivity contribution >= 4 is 5.91 Å². The number of primary amides is 1. The van der Waals surface area contributed by atoms with Crippen molar-refractivity contribution in [3.63, 3.8) is 0 Å². The zero-order chi connectivity index (χ0) is 15.2. The highest BCUT2D eigenvalue weighted by Gasteiger charge is 2.35. The molecule has 1 aromatic carbocycles. The zero-order valence-electron chi connectivity index (χ0n) is 12.7. The minimum absolute atomic E-state index is 0.416. The summed E-state index contributed by atoms with van der Waals surface area (Å²) in [4.78, 5) is 16.0. The van der Waals surface area contributed by atoms with Crippen LogP contribution in [0.1, 0.15) is 12.0 Å². The second-order valence-electron chi connectivity index (χ2n) is 5.60. The van der Waals surface area contributed by atoms with Crippen LogP contribution in [0.5, 0.6) is 0 Å². The van der Waals surface area contributed by atoms with Crippen molar-refractivity contribution in [2.75, 3.05) is 40.8 Å². The summed E-state index contributed by atoms with van der Waals surface area (Å²) in [5.74, 6) is -0.497. The van der Waals surface area contributed by atoms with Crippen LogP contribution >= 0.6 is 0 Å². The van der Waals surface area contributed by atoms with E-state index in [0.29, 0.717) is 6.54 Å². The third-order valence-electron chi connectivity index (χ3n) is 3.39. The number of hydrogen-bond donors (Lipinski definition) is 2. The molecular formula is C15H26N4O. The molecule has 0 heterocycles. The first-order valence-corrected chi connectivity index (χ1v) is 6.84. The molecule has 5 heteroatoms. The van der Waals surface area contributed by atoms with Crippen LogP contribution in [-0.4, -0.2) is 56.5 Å². The lowest BCUT2D eigenvalue weighted by Gasteiger charge is -2.31. The summed E-state index contributed by atoms with van der Waals surface area (Å²) >= 11 is 0. The van der Waals surface area contributed by atoms with Gasteiger partial charge < -0.3 is 21.3 Å². The summed E-state index contributed by atoms with van der Waals surface area (Å²) < 4.78 is 0. The fourth-order valence-electron chi connectivity index (χ4n) is 2.21. The number of nitrogens with zero attached hydrogens (tertiary/aromatic N) is 2. The molecule has 0 spiro atoms. The summed E-state index contributed by atoms with van der Waals surface area (Å²) in [6.07, 6.45) is 1.02. The van der Waals surface area contributed by atoms with Crippen molar-refractivity contribution in [2.24, 2.45) is 11.5 Å².